The average molecular weight is 703 g/mol. The number of halogens is 4. The number of amides is 2. The molecule has 6 atom stereocenters. The van der Waals surface area contributed by atoms with Gasteiger partial charge in [-0.1, -0.05) is 6.07 Å². The summed E-state index contributed by atoms with van der Waals surface area (Å²) in [6, 6.07) is 4.53. The highest BCUT2D eigenvalue weighted by molar-refractivity contribution is 7.92. The first-order valence-corrected chi connectivity index (χ1v) is 16.6. The summed E-state index contributed by atoms with van der Waals surface area (Å²) < 4.78 is 94.0. The Bertz CT molecular complexity index is 1680. The van der Waals surface area contributed by atoms with Gasteiger partial charge in [0.05, 0.1) is 54.8 Å². The van der Waals surface area contributed by atoms with Crippen molar-refractivity contribution in [3.05, 3.63) is 47.8 Å². The summed E-state index contributed by atoms with van der Waals surface area (Å²) in [5, 5.41) is 26.3. The Morgan fingerprint density at radius 3 is 2.23 bits per heavy atom. The topological polar surface area (TPSA) is 178 Å². The Kier molecular flexibility index (Phi) is 9.95. The van der Waals surface area contributed by atoms with E-state index in [4.69, 9.17) is 14.2 Å². The van der Waals surface area contributed by atoms with Gasteiger partial charge in [0.2, 0.25) is 5.91 Å². The number of rotatable bonds is 9. The van der Waals surface area contributed by atoms with Crippen molar-refractivity contribution in [1.29, 1.82) is 0 Å². The van der Waals surface area contributed by atoms with E-state index in [1.54, 1.807) is 0 Å². The highest BCUT2D eigenvalue weighted by Crippen LogP contribution is 2.49. The Hall–Kier alpha value is -3.96. The molecule has 0 aromatic heterocycles. The second kappa shape index (κ2) is 13.5. The molecule has 0 radical (unpaired) electrons. The number of alkyl halides is 3. The molecule has 2 amide bonds. The molecule has 17 heteroatoms. The van der Waals surface area contributed by atoms with Crippen LogP contribution in [0.5, 0.6) is 11.5 Å². The maximum atomic E-state index is 15.0. The summed E-state index contributed by atoms with van der Waals surface area (Å²) in [7, 11) is -3.21. The van der Waals surface area contributed by atoms with Gasteiger partial charge in [0.15, 0.2) is 11.6 Å². The number of aliphatic hydroxyl groups excluding tert-OH is 2. The molecule has 5 rings (SSSR count). The number of carbonyl (C=O) groups excluding carboxylic acids is 3. The summed E-state index contributed by atoms with van der Waals surface area (Å²) in [5.74, 6) is -6.44. The van der Waals surface area contributed by atoms with Gasteiger partial charge in [-0.2, -0.15) is 13.2 Å². The molecule has 0 saturated heterocycles. The third-order valence-corrected chi connectivity index (χ3v) is 10.9. The van der Waals surface area contributed by atoms with Crippen LogP contribution in [0, 0.1) is 29.5 Å². The van der Waals surface area contributed by atoms with Crippen LogP contribution in [0.1, 0.15) is 42.5 Å². The van der Waals surface area contributed by atoms with Crippen LogP contribution in [0.4, 0.5) is 23.2 Å². The number of fused-ring (bicyclic) bond motifs is 2. The molecule has 0 unspecified atom stereocenters. The van der Waals surface area contributed by atoms with Crippen molar-refractivity contribution in [3.63, 3.8) is 0 Å². The van der Waals surface area contributed by atoms with E-state index in [0.717, 1.165) is 24.3 Å². The fourth-order valence-electron chi connectivity index (χ4n) is 6.97. The van der Waals surface area contributed by atoms with Crippen LogP contribution in [-0.4, -0.2) is 80.5 Å². The molecule has 262 valence electrons. The van der Waals surface area contributed by atoms with E-state index in [0.29, 0.717) is 31.7 Å². The van der Waals surface area contributed by atoms with E-state index >= 15 is 4.39 Å². The van der Waals surface area contributed by atoms with Gasteiger partial charge in [-0.15, -0.1) is 0 Å². The predicted octanol–water partition coefficient (Wildman–Crippen LogP) is 2.96. The molecular weight excluding hydrogens is 668 g/mol. The van der Waals surface area contributed by atoms with Crippen LogP contribution in [0.25, 0.3) is 0 Å². The third-order valence-electron chi connectivity index (χ3n) is 9.40. The van der Waals surface area contributed by atoms with Gasteiger partial charge in [0.25, 0.3) is 15.7 Å². The molecule has 3 fully saturated rings. The Labute approximate surface area is 272 Å². The molecule has 12 nitrogen and oxygen atoms in total. The van der Waals surface area contributed by atoms with Crippen molar-refractivity contribution in [1.82, 2.24) is 5.32 Å². The fourth-order valence-corrected chi connectivity index (χ4v) is 7.78. The summed E-state index contributed by atoms with van der Waals surface area (Å²) in [6.45, 7) is 0. The zero-order chi connectivity index (χ0) is 35.1. The van der Waals surface area contributed by atoms with Gasteiger partial charge < -0.3 is 35.1 Å². The van der Waals surface area contributed by atoms with Gasteiger partial charge in [-0.05, 0) is 56.4 Å². The first-order chi connectivity index (χ1) is 22.6. The summed E-state index contributed by atoms with van der Waals surface area (Å²) in [4.78, 5) is 37.9. The van der Waals surface area contributed by atoms with Crippen LogP contribution >= 0.6 is 0 Å². The van der Waals surface area contributed by atoms with Gasteiger partial charge in [0.1, 0.15) is 5.75 Å². The molecule has 3 aliphatic rings. The molecule has 0 spiro atoms. The van der Waals surface area contributed by atoms with E-state index in [1.807, 2.05) is 0 Å². The monoisotopic (exact) mass is 702 g/mol. The van der Waals surface area contributed by atoms with Crippen LogP contribution < -0.4 is 20.1 Å². The van der Waals surface area contributed by atoms with Crippen molar-refractivity contribution in [2.75, 3.05) is 19.5 Å². The lowest BCUT2D eigenvalue weighted by atomic mass is 9.80. The normalized spacial score (nSPS) is 28.4. The quantitative estimate of drug-likeness (QED) is 0.225. The smallest absolute Gasteiger partial charge is 0.496 e. The largest absolute Gasteiger partial charge is 0.501 e. The van der Waals surface area contributed by atoms with Crippen molar-refractivity contribution in [3.8, 4) is 11.5 Å². The maximum Gasteiger partial charge on any atom is 0.501 e. The number of esters is 1. The SMILES string of the molecule is COC(=O)C1CCC(Oc2cc(C(=O)N[C@@H]3[C@@H]4C[C@@H]([C@@H](O)[C@H]4O)[C@@H]3C(=O)Nc3cccc(S(=O)(=O)C(F)(F)F)c3)c(OC)cc2F)CC1. The summed E-state index contributed by atoms with van der Waals surface area (Å²) in [6.07, 6.45) is -1.23. The lowest BCUT2D eigenvalue weighted by Crippen LogP contribution is -2.55. The summed E-state index contributed by atoms with van der Waals surface area (Å²) >= 11 is 0. The molecule has 2 aromatic carbocycles. The van der Waals surface area contributed by atoms with Gasteiger partial charge in [0, 0.05) is 29.6 Å². The molecule has 3 aliphatic carbocycles. The first-order valence-electron chi connectivity index (χ1n) is 15.1. The number of methoxy groups -OCH3 is 2. The Morgan fingerprint density at radius 2 is 1.60 bits per heavy atom. The Balaban J connectivity index is 1.36. The highest BCUT2D eigenvalue weighted by Gasteiger charge is 2.60. The van der Waals surface area contributed by atoms with E-state index in [-0.39, 0.29) is 41.1 Å². The fraction of sp³-hybridized carbons (Fsp3) is 0.516. The number of aliphatic hydroxyl groups is 2. The molecule has 48 heavy (non-hydrogen) atoms. The van der Waals surface area contributed by atoms with Crippen LogP contribution in [0.2, 0.25) is 0 Å². The number of anilines is 1. The average Bonchev–Trinajstić information content (AvgIpc) is 3.56. The zero-order valence-corrected chi connectivity index (χ0v) is 26.5. The number of benzene rings is 2. The van der Waals surface area contributed by atoms with Crippen LogP contribution in [0.3, 0.4) is 0 Å². The minimum atomic E-state index is -5.71. The first kappa shape index (κ1) is 35.3. The molecule has 2 aromatic rings. The number of sulfone groups is 1. The van der Waals surface area contributed by atoms with Crippen molar-refractivity contribution < 1.29 is 64.8 Å². The molecule has 0 aliphatic heterocycles. The van der Waals surface area contributed by atoms with Gasteiger partial charge in [-0.25, -0.2) is 12.8 Å². The number of hydrogen-bond donors (Lipinski definition) is 4. The zero-order valence-electron chi connectivity index (χ0n) is 25.7. The predicted molar refractivity (Wildman–Crippen MR) is 158 cm³/mol. The van der Waals surface area contributed by atoms with Crippen molar-refractivity contribution >= 4 is 33.3 Å². The number of nitrogens with one attached hydrogen (secondary N) is 2. The number of ether oxygens (including phenoxy) is 3. The molecule has 0 heterocycles. The minimum Gasteiger partial charge on any atom is -0.496 e. The second-order valence-electron chi connectivity index (χ2n) is 12.1. The van der Waals surface area contributed by atoms with Crippen LogP contribution in [0.15, 0.2) is 41.3 Å². The standard InChI is InChI=1S/C31H34F4N2O10S/c1-45-22-13-21(32)23(47-16-8-6-14(7-9-16)30(42)46-2)12-18(22)28(40)37-25-20-11-19(26(38)27(20)39)24(25)29(41)36-15-4-3-5-17(10-15)48(43,44)31(33,34)35/h3-5,10,12-14,16,19-20,24-27,38-39H,6-9,11H2,1-2H3,(H,36,41)(H,37,40)/t14?,16?,19-,20+,24+,25-,26-,27+/m1/s1. The van der Waals surface area contributed by atoms with E-state index in [9.17, 15) is 46.2 Å². The Morgan fingerprint density at radius 1 is 0.938 bits per heavy atom. The number of hydrogen-bond acceptors (Lipinski definition) is 10. The molecule has 4 N–H and O–H groups in total. The highest BCUT2D eigenvalue weighted by atomic mass is 32.2. The van der Waals surface area contributed by atoms with Crippen molar-refractivity contribution in [2.45, 2.75) is 66.9 Å². The number of carbonyl (C=O) groups is 3. The lowest BCUT2D eigenvalue weighted by Gasteiger charge is -2.36. The van der Waals surface area contributed by atoms with Gasteiger partial charge in [-0.3, -0.25) is 14.4 Å². The summed E-state index contributed by atoms with van der Waals surface area (Å²) in [5.41, 5.74) is -6.03. The molecule has 3 saturated carbocycles. The van der Waals surface area contributed by atoms with Crippen molar-refractivity contribution in [2.24, 2.45) is 23.7 Å². The second-order valence-corrected chi connectivity index (χ2v) is 14.1. The van der Waals surface area contributed by atoms with Gasteiger partial charge >= 0.3 is 11.5 Å². The molecule has 2 bridgehead atoms. The van der Waals surface area contributed by atoms with E-state index in [1.165, 1.54) is 20.3 Å². The molecular formula is C31H34F4N2O10S. The third kappa shape index (κ3) is 6.67. The minimum absolute atomic E-state index is 0.108. The lowest BCUT2D eigenvalue weighted by molar-refractivity contribution is -0.147. The van der Waals surface area contributed by atoms with E-state index < -0.39 is 80.0 Å². The maximum absolute atomic E-state index is 15.0. The van der Waals surface area contributed by atoms with Crippen LogP contribution in [-0.2, 0) is 24.2 Å². The van der Waals surface area contributed by atoms with E-state index in [2.05, 4.69) is 10.6 Å².